The van der Waals surface area contributed by atoms with Crippen molar-refractivity contribution in [2.75, 3.05) is 48.3 Å². The maximum absolute atomic E-state index is 12.3. The van der Waals surface area contributed by atoms with Crippen molar-refractivity contribution in [3.05, 3.63) is 53.6 Å². The molecule has 2 aromatic rings. The lowest BCUT2D eigenvalue weighted by Gasteiger charge is -2.36. The van der Waals surface area contributed by atoms with E-state index < -0.39 is 5.97 Å². The van der Waals surface area contributed by atoms with Crippen molar-refractivity contribution in [2.24, 2.45) is 5.92 Å². The summed E-state index contributed by atoms with van der Waals surface area (Å²) in [6.07, 6.45) is 1.72. The number of hydrogen-bond donors (Lipinski definition) is 3. The maximum atomic E-state index is 12.3. The van der Waals surface area contributed by atoms with Gasteiger partial charge in [-0.2, -0.15) is 0 Å². The number of nitrogens with zero attached hydrogens (tertiary/aromatic N) is 2. The monoisotopic (exact) mass is 436 g/mol. The Kier molecular flexibility index (Phi) is 6.41. The van der Waals surface area contributed by atoms with E-state index in [-0.39, 0.29) is 23.3 Å². The fourth-order valence-electron chi connectivity index (χ4n) is 3.80. The molecule has 2 fully saturated rings. The molecule has 1 saturated carbocycles. The molecule has 0 spiro atoms. The second kappa shape index (κ2) is 9.40. The number of carbonyl (C=O) groups excluding carboxylic acids is 2. The molecule has 0 atom stereocenters. The molecular formula is C24H28N4O4. The minimum Gasteiger partial charge on any atom is -0.478 e. The molecule has 1 heterocycles. The third kappa shape index (κ3) is 5.45. The zero-order valence-electron chi connectivity index (χ0n) is 18.1. The average molecular weight is 437 g/mol. The van der Waals surface area contributed by atoms with E-state index in [1.54, 1.807) is 12.1 Å². The van der Waals surface area contributed by atoms with Crippen LogP contribution in [0.5, 0.6) is 0 Å². The summed E-state index contributed by atoms with van der Waals surface area (Å²) in [5, 5.41) is 15.3. The number of nitrogens with one attached hydrogen (secondary N) is 2. The standard InChI is InChI=1S/C24H28N4O4/c1-16-2-6-18(7-3-16)25-22(29)15-27-10-12-28(13-11-27)19-8-9-21(20(14-19)24(31)32)26-23(30)17-4-5-17/h2-3,6-9,14,17H,4-5,10-13,15H2,1H3,(H,25,29)(H,26,30)(H,31,32). The normalized spacial score (nSPS) is 16.5. The second-order valence-corrected chi connectivity index (χ2v) is 8.48. The zero-order valence-corrected chi connectivity index (χ0v) is 18.1. The second-order valence-electron chi connectivity index (χ2n) is 8.48. The molecule has 0 radical (unpaired) electrons. The minimum absolute atomic E-state index is 0.00704. The van der Waals surface area contributed by atoms with Gasteiger partial charge in [0.05, 0.1) is 17.8 Å². The van der Waals surface area contributed by atoms with Crippen molar-refractivity contribution in [1.29, 1.82) is 0 Å². The number of carboxylic acids is 1. The first-order valence-corrected chi connectivity index (χ1v) is 10.9. The number of piperazine rings is 1. The van der Waals surface area contributed by atoms with Crippen LogP contribution in [0.3, 0.4) is 0 Å². The van der Waals surface area contributed by atoms with E-state index in [2.05, 4.69) is 20.4 Å². The van der Waals surface area contributed by atoms with Crippen LogP contribution in [0.4, 0.5) is 17.1 Å². The van der Waals surface area contributed by atoms with Gasteiger partial charge in [-0.05, 0) is 50.1 Å². The first-order chi connectivity index (χ1) is 15.4. The summed E-state index contributed by atoms with van der Waals surface area (Å²) in [5.74, 6) is -1.22. The Bertz CT molecular complexity index is 1010. The van der Waals surface area contributed by atoms with Gasteiger partial charge in [-0.3, -0.25) is 14.5 Å². The van der Waals surface area contributed by atoms with Crippen molar-refractivity contribution < 1.29 is 19.5 Å². The predicted molar refractivity (Wildman–Crippen MR) is 123 cm³/mol. The first-order valence-electron chi connectivity index (χ1n) is 10.9. The van der Waals surface area contributed by atoms with Gasteiger partial charge in [-0.15, -0.1) is 0 Å². The van der Waals surface area contributed by atoms with Crippen molar-refractivity contribution in [2.45, 2.75) is 19.8 Å². The van der Waals surface area contributed by atoms with Crippen molar-refractivity contribution in [3.8, 4) is 0 Å². The third-order valence-corrected chi connectivity index (χ3v) is 5.88. The highest BCUT2D eigenvalue weighted by Crippen LogP contribution is 2.31. The molecule has 2 aliphatic rings. The van der Waals surface area contributed by atoms with Crippen molar-refractivity contribution in [3.63, 3.8) is 0 Å². The maximum Gasteiger partial charge on any atom is 0.337 e. The van der Waals surface area contributed by atoms with Gasteiger partial charge in [0.15, 0.2) is 0 Å². The van der Waals surface area contributed by atoms with E-state index in [1.807, 2.05) is 37.3 Å². The number of aryl methyl sites for hydroxylation is 1. The number of anilines is 3. The minimum atomic E-state index is -1.07. The summed E-state index contributed by atoms with van der Waals surface area (Å²) < 4.78 is 0. The fraction of sp³-hybridized carbons (Fsp3) is 0.375. The lowest BCUT2D eigenvalue weighted by molar-refractivity contribution is -0.118. The van der Waals surface area contributed by atoms with Crippen LogP contribution in [0.15, 0.2) is 42.5 Å². The fourth-order valence-corrected chi connectivity index (χ4v) is 3.80. The van der Waals surface area contributed by atoms with Crippen molar-refractivity contribution >= 4 is 34.8 Å². The highest BCUT2D eigenvalue weighted by molar-refractivity contribution is 6.02. The smallest absolute Gasteiger partial charge is 0.337 e. The highest BCUT2D eigenvalue weighted by Gasteiger charge is 2.30. The van der Waals surface area contributed by atoms with E-state index in [1.165, 1.54) is 0 Å². The molecule has 2 aromatic carbocycles. The predicted octanol–water partition coefficient (Wildman–Crippen LogP) is 2.80. The Morgan fingerprint density at radius 2 is 1.66 bits per heavy atom. The van der Waals surface area contributed by atoms with Crippen LogP contribution in [0.25, 0.3) is 0 Å². The number of carbonyl (C=O) groups is 3. The molecule has 168 valence electrons. The molecule has 8 heteroatoms. The van der Waals surface area contributed by atoms with Gasteiger partial charge in [-0.25, -0.2) is 4.79 Å². The topological polar surface area (TPSA) is 102 Å². The third-order valence-electron chi connectivity index (χ3n) is 5.88. The largest absolute Gasteiger partial charge is 0.478 e. The summed E-state index contributed by atoms with van der Waals surface area (Å²) in [7, 11) is 0. The van der Waals surface area contributed by atoms with E-state index in [9.17, 15) is 19.5 Å². The summed E-state index contributed by atoms with van der Waals surface area (Å²) in [6, 6.07) is 12.8. The van der Waals surface area contributed by atoms with E-state index in [0.717, 1.165) is 29.8 Å². The quantitative estimate of drug-likeness (QED) is 0.617. The number of carboxylic acid groups (broad SMARTS) is 1. The van der Waals surface area contributed by atoms with Crippen LogP contribution < -0.4 is 15.5 Å². The lowest BCUT2D eigenvalue weighted by Crippen LogP contribution is -2.48. The molecule has 1 aliphatic heterocycles. The van der Waals surface area contributed by atoms with Gasteiger partial charge in [-0.1, -0.05) is 17.7 Å². The SMILES string of the molecule is Cc1ccc(NC(=O)CN2CCN(c3ccc(NC(=O)C4CC4)c(C(=O)O)c3)CC2)cc1. The Labute approximate surface area is 187 Å². The molecule has 8 nitrogen and oxygen atoms in total. The van der Waals surface area contributed by atoms with Crippen LogP contribution in [0, 0.1) is 12.8 Å². The van der Waals surface area contributed by atoms with Gasteiger partial charge >= 0.3 is 5.97 Å². The Hall–Kier alpha value is -3.39. The molecule has 0 aromatic heterocycles. The van der Waals surface area contributed by atoms with Gasteiger partial charge in [0.25, 0.3) is 0 Å². The molecule has 0 bridgehead atoms. The van der Waals surface area contributed by atoms with Gasteiger partial charge < -0.3 is 20.6 Å². The number of amides is 2. The summed E-state index contributed by atoms with van der Waals surface area (Å²) in [4.78, 5) is 40.3. The van der Waals surface area contributed by atoms with Crippen LogP contribution in [0.2, 0.25) is 0 Å². The van der Waals surface area contributed by atoms with Gasteiger partial charge in [0, 0.05) is 43.5 Å². The molecule has 0 unspecified atom stereocenters. The molecule has 3 N–H and O–H groups in total. The summed E-state index contributed by atoms with van der Waals surface area (Å²) in [6.45, 7) is 5.08. The van der Waals surface area contributed by atoms with Crippen LogP contribution in [-0.4, -0.2) is 60.5 Å². The summed E-state index contributed by atoms with van der Waals surface area (Å²) >= 11 is 0. The average Bonchev–Trinajstić information content (AvgIpc) is 3.62. The molecule has 2 amide bonds. The lowest BCUT2D eigenvalue weighted by atomic mass is 10.1. The van der Waals surface area contributed by atoms with Crippen LogP contribution in [0.1, 0.15) is 28.8 Å². The number of hydrogen-bond acceptors (Lipinski definition) is 5. The number of rotatable bonds is 7. The molecule has 1 saturated heterocycles. The number of benzene rings is 2. The molecule has 32 heavy (non-hydrogen) atoms. The molecular weight excluding hydrogens is 408 g/mol. The Morgan fingerprint density at radius 3 is 2.28 bits per heavy atom. The van der Waals surface area contributed by atoms with Gasteiger partial charge in [0.1, 0.15) is 0 Å². The van der Waals surface area contributed by atoms with Crippen LogP contribution in [-0.2, 0) is 9.59 Å². The highest BCUT2D eigenvalue weighted by atomic mass is 16.4. The Balaban J connectivity index is 1.32. The van der Waals surface area contributed by atoms with Crippen LogP contribution >= 0.6 is 0 Å². The van der Waals surface area contributed by atoms with E-state index in [0.29, 0.717) is 38.4 Å². The van der Waals surface area contributed by atoms with Crippen molar-refractivity contribution in [1.82, 2.24) is 4.90 Å². The Morgan fingerprint density at radius 1 is 0.969 bits per heavy atom. The van der Waals surface area contributed by atoms with E-state index in [4.69, 9.17) is 0 Å². The zero-order chi connectivity index (χ0) is 22.7. The summed E-state index contributed by atoms with van der Waals surface area (Å²) in [5.41, 5.74) is 3.16. The molecule has 1 aliphatic carbocycles. The molecule has 4 rings (SSSR count). The van der Waals surface area contributed by atoms with Gasteiger partial charge in [0.2, 0.25) is 11.8 Å². The first kappa shape index (κ1) is 21.8. The van der Waals surface area contributed by atoms with E-state index >= 15 is 0 Å². The number of aromatic carboxylic acids is 1.